The number of nitrogen functional groups attached to an aromatic ring is 1. The van der Waals surface area contributed by atoms with Crippen LogP contribution in [0.2, 0.25) is 0 Å². The average Bonchev–Trinajstić information content (AvgIpc) is 2.13. The van der Waals surface area contributed by atoms with E-state index in [2.05, 4.69) is 10.1 Å². The van der Waals surface area contributed by atoms with E-state index in [-0.39, 0.29) is 0 Å². The van der Waals surface area contributed by atoms with Gasteiger partial charge in [0.25, 0.3) is 22.1 Å². The first-order valence-electron chi connectivity index (χ1n) is 3.90. The number of anilines is 1. The Morgan fingerprint density at radius 3 is 2.35 bits per heavy atom. The van der Waals surface area contributed by atoms with Crippen LogP contribution in [0.1, 0.15) is 12.0 Å². The van der Waals surface area contributed by atoms with Crippen molar-refractivity contribution in [1.29, 1.82) is 0 Å². The summed E-state index contributed by atoms with van der Waals surface area (Å²) in [5, 5.41) is 14.1. The second kappa shape index (κ2) is 4.18. The van der Waals surface area contributed by atoms with Gasteiger partial charge in [0.05, 0.1) is 10.6 Å². The number of nitrogens with two attached hydrogens (primary N) is 2. The number of hydrogen-bond acceptors (Lipinski definition) is 6. The van der Waals surface area contributed by atoms with Gasteiger partial charge in [-0.05, 0) is 0 Å². The van der Waals surface area contributed by atoms with Crippen LogP contribution in [0.3, 0.4) is 0 Å². The summed E-state index contributed by atoms with van der Waals surface area (Å²) in [4.78, 5) is 12.4. The van der Waals surface area contributed by atoms with Gasteiger partial charge in [0.15, 0.2) is 5.03 Å². The Balaban J connectivity index is 3.67. The Morgan fingerprint density at radius 2 is 2.00 bits per heavy atom. The Morgan fingerprint density at radius 1 is 1.47 bits per heavy atom. The first kappa shape index (κ1) is 13.2. The van der Waals surface area contributed by atoms with Gasteiger partial charge < -0.3 is 5.73 Å². The zero-order valence-electron chi connectivity index (χ0n) is 8.00. The summed E-state index contributed by atoms with van der Waals surface area (Å²) in [6.45, 7) is 0. The molecule has 1 heterocycles. The van der Waals surface area contributed by atoms with Gasteiger partial charge in [-0.3, -0.25) is 10.1 Å². The maximum absolute atomic E-state index is 12.6. The van der Waals surface area contributed by atoms with Crippen LogP contribution in [0, 0.1) is 10.1 Å². The second-order valence-electron chi connectivity index (χ2n) is 2.88. The molecule has 0 fully saturated rings. The summed E-state index contributed by atoms with van der Waals surface area (Å²) in [5.41, 5.74) is 1.81. The largest absolute Gasteiger partial charge is 0.396 e. The minimum Gasteiger partial charge on any atom is -0.396 e. The molecule has 11 heteroatoms. The number of pyridine rings is 1. The molecule has 17 heavy (non-hydrogen) atoms. The van der Waals surface area contributed by atoms with Crippen molar-refractivity contribution >= 4 is 21.4 Å². The fourth-order valence-electron chi connectivity index (χ4n) is 1.11. The number of rotatable bonds is 3. The summed E-state index contributed by atoms with van der Waals surface area (Å²) in [7, 11) is -4.42. The van der Waals surface area contributed by atoms with E-state index in [4.69, 9.17) is 5.73 Å². The molecule has 1 rings (SSSR count). The molecular formula is C6H6F2N4O4S. The lowest BCUT2D eigenvalue weighted by Gasteiger charge is -2.08. The van der Waals surface area contributed by atoms with Crippen LogP contribution in [0.15, 0.2) is 11.2 Å². The van der Waals surface area contributed by atoms with Crippen molar-refractivity contribution in [2.75, 3.05) is 5.73 Å². The second-order valence-corrected chi connectivity index (χ2v) is 4.36. The third kappa shape index (κ3) is 2.45. The average molecular weight is 268 g/mol. The van der Waals surface area contributed by atoms with E-state index in [1.165, 1.54) is 0 Å². The molecule has 0 spiro atoms. The maximum Gasteiger partial charge on any atom is 0.298 e. The lowest BCUT2D eigenvalue weighted by molar-refractivity contribution is -0.386. The van der Waals surface area contributed by atoms with Crippen LogP contribution in [0.25, 0.3) is 0 Å². The highest BCUT2D eigenvalue weighted by molar-refractivity contribution is 7.89. The molecular weight excluding hydrogens is 262 g/mol. The summed E-state index contributed by atoms with van der Waals surface area (Å²) in [6.07, 6.45) is -2.95. The minimum atomic E-state index is -4.42. The fraction of sp³-hybridized carbons (Fsp3) is 0.167. The zero-order chi connectivity index (χ0) is 13.4. The predicted octanol–water partition coefficient (Wildman–Crippen LogP) is 0.157. The first-order chi connectivity index (χ1) is 7.66. The van der Waals surface area contributed by atoms with Crippen molar-refractivity contribution in [2.45, 2.75) is 11.5 Å². The lowest BCUT2D eigenvalue weighted by atomic mass is 10.2. The van der Waals surface area contributed by atoms with Crippen LogP contribution in [-0.2, 0) is 10.0 Å². The number of aromatic nitrogens is 1. The summed E-state index contributed by atoms with van der Waals surface area (Å²) in [5.74, 6) is 0. The highest BCUT2D eigenvalue weighted by Gasteiger charge is 2.30. The van der Waals surface area contributed by atoms with Gasteiger partial charge in [0, 0.05) is 0 Å². The molecule has 0 aromatic carbocycles. The van der Waals surface area contributed by atoms with Crippen LogP contribution >= 0.6 is 0 Å². The molecule has 0 saturated heterocycles. The topological polar surface area (TPSA) is 142 Å². The van der Waals surface area contributed by atoms with Crippen molar-refractivity contribution in [2.24, 2.45) is 5.14 Å². The minimum absolute atomic E-state index is 0.373. The van der Waals surface area contributed by atoms with Gasteiger partial charge in [-0.15, -0.1) is 0 Å². The van der Waals surface area contributed by atoms with Gasteiger partial charge in [-0.25, -0.2) is 27.3 Å². The predicted molar refractivity (Wildman–Crippen MR) is 51.6 cm³/mol. The number of nitrogens with zero attached hydrogens (tertiary/aromatic N) is 2. The number of sulfonamides is 1. The molecule has 0 aliphatic rings. The standard InChI is InChI=1S/C6H6F2N4O4S/c7-5(8)3-2(12(13)14)1-11-6(4(3)9)17(10,15)16/h1,5H,9H2,(H2,10,15,16). The molecule has 1 aromatic rings. The highest BCUT2D eigenvalue weighted by Crippen LogP contribution is 2.35. The van der Waals surface area contributed by atoms with Crippen LogP contribution in [-0.4, -0.2) is 18.3 Å². The summed E-state index contributed by atoms with van der Waals surface area (Å²) >= 11 is 0. The number of nitro groups is 1. The SMILES string of the molecule is Nc1c(S(N)(=O)=O)ncc([N+](=O)[O-])c1C(F)F. The lowest BCUT2D eigenvalue weighted by Crippen LogP contribution is -2.18. The molecule has 0 unspecified atom stereocenters. The van der Waals surface area contributed by atoms with E-state index >= 15 is 0 Å². The third-order valence-corrected chi connectivity index (χ3v) is 2.65. The molecule has 0 atom stereocenters. The Hall–Kier alpha value is -1.88. The molecule has 4 N–H and O–H groups in total. The Labute approximate surface area is 93.4 Å². The van der Waals surface area contributed by atoms with E-state index in [9.17, 15) is 27.3 Å². The van der Waals surface area contributed by atoms with Crippen molar-refractivity contribution < 1.29 is 22.1 Å². The number of primary sulfonamides is 1. The first-order valence-corrected chi connectivity index (χ1v) is 5.44. The fourth-order valence-corrected chi connectivity index (χ4v) is 1.73. The van der Waals surface area contributed by atoms with E-state index in [0.29, 0.717) is 6.20 Å². The van der Waals surface area contributed by atoms with Gasteiger partial charge in [-0.2, -0.15) is 0 Å². The monoisotopic (exact) mass is 268 g/mol. The van der Waals surface area contributed by atoms with Crippen LogP contribution < -0.4 is 10.9 Å². The molecule has 0 saturated carbocycles. The normalized spacial score (nSPS) is 11.8. The molecule has 1 aromatic heterocycles. The van der Waals surface area contributed by atoms with E-state index in [1.807, 2.05) is 0 Å². The van der Waals surface area contributed by atoms with Crippen LogP contribution in [0.5, 0.6) is 0 Å². The quantitative estimate of drug-likeness (QED) is 0.590. The number of alkyl halides is 2. The molecule has 94 valence electrons. The third-order valence-electron chi connectivity index (χ3n) is 1.79. The Bertz CT molecular complexity index is 574. The summed E-state index contributed by atoms with van der Waals surface area (Å²) < 4.78 is 47.0. The van der Waals surface area contributed by atoms with E-state index in [0.717, 1.165) is 0 Å². The van der Waals surface area contributed by atoms with Crippen LogP contribution in [0.4, 0.5) is 20.2 Å². The number of hydrogen-bond donors (Lipinski definition) is 2. The molecule has 8 nitrogen and oxygen atoms in total. The van der Waals surface area contributed by atoms with Gasteiger partial charge in [0.2, 0.25) is 0 Å². The van der Waals surface area contributed by atoms with Gasteiger partial charge in [0.1, 0.15) is 11.8 Å². The van der Waals surface area contributed by atoms with Crippen molar-refractivity contribution in [3.05, 3.63) is 21.9 Å². The molecule has 0 aliphatic heterocycles. The van der Waals surface area contributed by atoms with Gasteiger partial charge in [-0.1, -0.05) is 0 Å². The van der Waals surface area contributed by atoms with Crippen molar-refractivity contribution in [3.8, 4) is 0 Å². The zero-order valence-corrected chi connectivity index (χ0v) is 8.82. The highest BCUT2D eigenvalue weighted by atomic mass is 32.2. The maximum atomic E-state index is 12.6. The van der Waals surface area contributed by atoms with Gasteiger partial charge >= 0.3 is 0 Å². The number of halogens is 2. The molecule has 0 radical (unpaired) electrons. The Kier molecular flexibility index (Phi) is 3.24. The molecule has 0 bridgehead atoms. The summed E-state index contributed by atoms with van der Waals surface area (Å²) in [6, 6.07) is 0. The van der Waals surface area contributed by atoms with E-state index < -0.39 is 43.3 Å². The molecule has 0 amide bonds. The van der Waals surface area contributed by atoms with Crippen molar-refractivity contribution in [1.82, 2.24) is 4.98 Å². The van der Waals surface area contributed by atoms with E-state index in [1.54, 1.807) is 0 Å². The smallest absolute Gasteiger partial charge is 0.298 e. The van der Waals surface area contributed by atoms with Crippen molar-refractivity contribution in [3.63, 3.8) is 0 Å². The molecule has 0 aliphatic carbocycles.